The minimum Gasteiger partial charge on any atom is -0.366 e. The molecule has 0 aliphatic rings. The van der Waals surface area contributed by atoms with Crippen LogP contribution in [0, 0.1) is 10.2 Å². The highest BCUT2D eigenvalue weighted by Gasteiger charge is 2.11. The maximum atomic E-state index is 8.60. The van der Waals surface area contributed by atoms with Gasteiger partial charge in [-0.05, 0) is 33.3 Å². The van der Waals surface area contributed by atoms with Crippen LogP contribution in [-0.4, -0.2) is 23.1 Å². The van der Waals surface area contributed by atoms with Gasteiger partial charge in [0, 0.05) is 12.6 Å². The average Bonchev–Trinajstić information content (AvgIpc) is 1.94. The summed E-state index contributed by atoms with van der Waals surface area (Å²) in [5.74, 6) is 0.887. The van der Waals surface area contributed by atoms with E-state index in [0.717, 1.165) is 11.4 Å². The van der Waals surface area contributed by atoms with Gasteiger partial charge in [-0.15, -0.1) is 0 Å². The number of aliphatic imine (C=N–C) groups is 1. The van der Waals surface area contributed by atoms with Gasteiger partial charge in [0.15, 0.2) is 0 Å². The quantitative estimate of drug-likeness (QED) is 0.409. The van der Waals surface area contributed by atoms with E-state index in [-0.39, 0.29) is 5.54 Å². The molecule has 0 unspecified atom stereocenters. The molecule has 0 saturated carbocycles. The van der Waals surface area contributed by atoms with Crippen molar-refractivity contribution in [1.82, 2.24) is 5.32 Å². The Hall–Kier alpha value is -0.660. The van der Waals surface area contributed by atoms with Crippen LogP contribution in [0.15, 0.2) is 17.1 Å². The summed E-state index contributed by atoms with van der Waals surface area (Å²) in [6.07, 6.45) is 0. The second-order valence-electron chi connectivity index (χ2n) is 4.12. The van der Waals surface area contributed by atoms with Crippen LogP contribution in [0.3, 0.4) is 0 Å². The molecule has 0 aromatic heterocycles. The highest BCUT2D eigenvalue weighted by molar-refractivity contribution is 5.97. The van der Waals surface area contributed by atoms with Crippen LogP contribution in [0.2, 0.25) is 0 Å². The topological polar surface area (TPSA) is 114 Å². The van der Waals surface area contributed by atoms with Gasteiger partial charge in [0.25, 0.3) is 0 Å². The van der Waals surface area contributed by atoms with Crippen LogP contribution in [0.25, 0.3) is 0 Å². The van der Waals surface area contributed by atoms with Crippen LogP contribution in [0.1, 0.15) is 27.7 Å². The molecule has 0 aliphatic heterocycles. The van der Waals surface area contributed by atoms with Crippen LogP contribution in [-0.2, 0) is 0 Å². The molecular formula is C9H19ClN2O4. The minimum absolute atomic E-state index is 0.0633. The summed E-state index contributed by atoms with van der Waals surface area (Å²) in [6.45, 7) is 12.1. The molecule has 0 radical (unpaired) electrons. The third kappa shape index (κ3) is 19.0. The Morgan fingerprint density at radius 3 is 1.69 bits per heavy atom. The van der Waals surface area contributed by atoms with Crippen LogP contribution in [0.4, 0.5) is 0 Å². The molecule has 0 aliphatic carbocycles. The number of rotatable bonds is 1. The molecule has 0 amide bonds. The van der Waals surface area contributed by atoms with Crippen molar-refractivity contribution in [2.45, 2.75) is 33.2 Å². The van der Waals surface area contributed by atoms with E-state index < -0.39 is 10.2 Å². The van der Waals surface area contributed by atoms with Crippen molar-refractivity contribution in [3.05, 3.63) is 12.2 Å². The van der Waals surface area contributed by atoms with Crippen molar-refractivity contribution in [2.75, 3.05) is 7.05 Å². The first-order valence-electron chi connectivity index (χ1n) is 4.41. The number of hydrogen-bond acceptors (Lipinski definition) is 5. The van der Waals surface area contributed by atoms with Gasteiger partial charge < -0.3 is 5.32 Å². The van der Waals surface area contributed by atoms with Crippen LogP contribution >= 0.6 is 0 Å². The lowest BCUT2D eigenvalue weighted by molar-refractivity contribution is -1.92. The normalized spacial score (nSPS) is 12.7. The number of nitrogens with zero attached hydrogens (tertiary/aromatic N) is 1. The Morgan fingerprint density at radius 2 is 1.62 bits per heavy atom. The molecule has 0 rings (SSSR count). The molecule has 7 heteroatoms. The van der Waals surface area contributed by atoms with Crippen molar-refractivity contribution in [3.8, 4) is 0 Å². The predicted molar refractivity (Wildman–Crippen MR) is 53.3 cm³/mol. The number of amidine groups is 1. The maximum absolute atomic E-state index is 8.60. The third-order valence-corrected chi connectivity index (χ3v) is 1.12. The summed E-state index contributed by atoms with van der Waals surface area (Å²) in [5, 5.41) is 3.26. The van der Waals surface area contributed by atoms with Crippen molar-refractivity contribution >= 4 is 5.84 Å². The average molecular weight is 255 g/mol. The van der Waals surface area contributed by atoms with E-state index in [0.29, 0.717) is 0 Å². The van der Waals surface area contributed by atoms with Gasteiger partial charge in [-0.25, -0.2) is 0 Å². The fourth-order valence-electron chi connectivity index (χ4n) is 0.709. The van der Waals surface area contributed by atoms with E-state index in [9.17, 15) is 0 Å². The van der Waals surface area contributed by atoms with Gasteiger partial charge in [0.1, 0.15) is 5.84 Å². The molecule has 0 heterocycles. The molecule has 0 aromatic carbocycles. The zero-order chi connectivity index (χ0) is 13.6. The lowest BCUT2D eigenvalue weighted by atomic mass is 10.1. The number of nitrogens with one attached hydrogen (secondary N) is 1. The molecule has 0 fully saturated rings. The fourth-order valence-corrected chi connectivity index (χ4v) is 0.709. The maximum Gasteiger partial charge on any atom is 0.123 e. The Bertz CT molecular complexity index is 247. The molecule has 96 valence electrons. The van der Waals surface area contributed by atoms with Gasteiger partial charge in [-0.2, -0.15) is 14.0 Å². The van der Waals surface area contributed by atoms with Crippen molar-refractivity contribution in [3.63, 3.8) is 0 Å². The molecule has 0 saturated heterocycles. The van der Waals surface area contributed by atoms with Gasteiger partial charge >= 0.3 is 0 Å². The SMILES string of the molecule is C=C(C)C(=NC)NC(C)(C)C.[O-][Cl+3]([O-])([O-])O. The second-order valence-corrected chi connectivity index (χ2v) is 4.92. The molecular weight excluding hydrogens is 236 g/mol. The first-order chi connectivity index (χ1) is 6.87. The molecule has 16 heavy (non-hydrogen) atoms. The lowest BCUT2D eigenvalue weighted by Gasteiger charge is -2.23. The predicted octanol–water partition coefficient (Wildman–Crippen LogP) is -2.15. The molecule has 6 nitrogen and oxygen atoms in total. The zero-order valence-electron chi connectivity index (χ0n) is 10.2. The third-order valence-electron chi connectivity index (χ3n) is 1.12. The first kappa shape index (κ1) is 17.7. The van der Waals surface area contributed by atoms with Crippen LogP contribution < -0.4 is 19.3 Å². The fraction of sp³-hybridized carbons (Fsp3) is 0.667. The summed E-state index contributed by atoms with van der Waals surface area (Å²) in [6, 6.07) is 0. The zero-order valence-corrected chi connectivity index (χ0v) is 11.0. The lowest BCUT2D eigenvalue weighted by Crippen LogP contribution is -2.58. The van der Waals surface area contributed by atoms with E-state index in [2.05, 4.69) is 37.7 Å². The van der Waals surface area contributed by atoms with Crippen LogP contribution in [0.5, 0.6) is 0 Å². The van der Waals surface area contributed by atoms with Gasteiger partial charge in [0.05, 0.1) is 14.9 Å². The number of hydrogen-bond donors (Lipinski definition) is 2. The first-order valence-corrected chi connectivity index (χ1v) is 5.67. The summed E-state index contributed by atoms with van der Waals surface area (Å²) < 4.78 is 32.7. The summed E-state index contributed by atoms with van der Waals surface area (Å²) in [4.78, 5) is 4.08. The minimum atomic E-state index is -4.69. The van der Waals surface area contributed by atoms with Gasteiger partial charge in [-0.3, -0.25) is 4.99 Å². The Morgan fingerprint density at radius 1 is 1.31 bits per heavy atom. The molecule has 0 aromatic rings. The summed E-state index contributed by atoms with van der Waals surface area (Å²) in [7, 11) is -2.93. The molecule has 2 N–H and O–H groups in total. The number of halogens is 1. The van der Waals surface area contributed by atoms with E-state index in [1.165, 1.54) is 0 Å². The van der Waals surface area contributed by atoms with Crippen molar-refractivity contribution < 1.29 is 28.9 Å². The van der Waals surface area contributed by atoms with Gasteiger partial charge in [0.2, 0.25) is 0 Å². The monoisotopic (exact) mass is 254 g/mol. The van der Waals surface area contributed by atoms with E-state index in [1.54, 1.807) is 7.05 Å². The molecule has 0 spiro atoms. The Kier molecular flexibility index (Phi) is 7.56. The summed E-state index contributed by atoms with van der Waals surface area (Å²) in [5.41, 5.74) is 1.04. The second kappa shape index (κ2) is 6.82. The standard InChI is InChI=1S/C9H18N2.ClHO4/c1-7(2)8(10-6)11-9(3,4)5;2-1(3,4)5/h1H2,2-6H3,(H,10,11);(H,2,3,4,5). The van der Waals surface area contributed by atoms with Crippen molar-refractivity contribution in [1.29, 1.82) is 0 Å². The Labute approximate surface area is 98.1 Å². The molecule has 0 bridgehead atoms. The van der Waals surface area contributed by atoms with E-state index in [4.69, 9.17) is 18.6 Å². The largest absolute Gasteiger partial charge is 0.366 e. The van der Waals surface area contributed by atoms with E-state index >= 15 is 0 Å². The Balaban J connectivity index is 0. The highest BCUT2D eigenvalue weighted by atomic mass is 35.7. The van der Waals surface area contributed by atoms with E-state index in [1.807, 2.05) is 6.92 Å². The van der Waals surface area contributed by atoms with Gasteiger partial charge in [-0.1, -0.05) is 6.58 Å². The smallest absolute Gasteiger partial charge is 0.123 e. The molecule has 0 atom stereocenters. The van der Waals surface area contributed by atoms with Crippen molar-refractivity contribution in [2.24, 2.45) is 4.99 Å². The summed E-state index contributed by atoms with van der Waals surface area (Å²) >= 11 is 0. The highest BCUT2D eigenvalue weighted by Crippen LogP contribution is 2.01.